The molecule has 0 atom stereocenters. The van der Waals surface area contributed by atoms with Crippen LogP contribution in [0.2, 0.25) is 0 Å². The lowest BCUT2D eigenvalue weighted by molar-refractivity contribution is 0.497. The molecule has 0 aliphatic carbocycles. The highest BCUT2D eigenvalue weighted by Crippen LogP contribution is 2.19. The van der Waals surface area contributed by atoms with Gasteiger partial charge < -0.3 is 5.73 Å². The predicted octanol–water partition coefficient (Wildman–Crippen LogP) is 0.925. The summed E-state index contributed by atoms with van der Waals surface area (Å²) in [5, 5.41) is 11.8. The van der Waals surface area contributed by atoms with E-state index in [1.165, 1.54) is 0 Å². The number of nitrogens with zero attached hydrogens (tertiary/aromatic N) is 4. The summed E-state index contributed by atoms with van der Waals surface area (Å²) in [6.45, 7) is 5.84. The van der Waals surface area contributed by atoms with Crippen LogP contribution in [0.1, 0.15) is 44.9 Å². The van der Waals surface area contributed by atoms with Crippen molar-refractivity contribution in [1.82, 2.24) is 20.2 Å². The van der Waals surface area contributed by atoms with Gasteiger partial charge in [0.1, 0.15) is 0 Å². The predicted molar refractivity (Wildman–Crippen MR) is 54.8 cm³/mol. The molecule has 1 aromatic heterocycles. The molecular weight excluding hydrogens is 178 g/mol. The molecule has 0 bridgehead atoms. The Hall–Kier alpha value is -0.970. The van der Waals surface area contributed by atoms with Crippen molar-refractivity contribution in [3.05, 3.63) is 5.82 Å². The van der Waals surface area contributed by atoms with Gasteiger partial charge in [0.15, 0.2) is 5.82 Å². The van der Waals surface area contributed by atoms with Crippen molar-refractivity contribution in [2.75, 3.05) is 6.54 Å². The Kier molecular flexibility index (Phi) is 4.52. The first-order chi connectivity index (χ1) is 6.83. The van der Waals surface area contributed by atoms with Crippen molar-refractivity contribution in [2.24, 2.45) is 5.73 Å². The molecule has 14 heavy (non-hydrogen) atoms. The molecule has 0 aliphatic heterocycles. The van der Waals surface area contributed by atoms with Gasteiger partial charge in [-0.05, 0) is 36.2 Å². The average molecular weight is 197 g/mol. The largest absolute Gasteiger partial charge is 0.330 e. The Balaban J connectivity index is 2.69. The van der Waals surface area contributed by atoms with Crippen molar-refractivity contribution >= 4 is 0 Å². The van der Waals surface area contributed by atoms with Crippen molar-refractivity contribution in [2.45, 2.75) is 45.6 Å². The van der Waals surface area contributed by atoms with E-state index in [0.717, 1.165) is 31.6 Å². The molecule has 5 nitrogen and oxygen atoms in total. The summed E-state index contributed by atoms with van der Waals surface area (Å²) in [6, 6.07) is 0. The van der Waals surface area contributed by atoms with E-state index >= 15 is 0 Å². The number of hydrogen-bond donors (Lipinski definition) is 1. The Morgan fingerprint density at radius 3 is 2.64 bits per heavy atom. The maximum atomic E-state index is 5.45. The van der Waals surface area contributed by atoms with E-state index in [9.17, 15) is 0 Å². The summed E-state index contributed by atoms with van der Waals surface area (Å²) in [7, 11) is 0. The van der Waals surface area contributed by atoms with Crippen molar-refractivity contribution < 1.29 is 0 Å². The fourth-order valence-corrected chi connectivity index (χ4v) is 1.56. The zero-order chi connectivity index (χ0) is 10.4. The second-order valence-electron chi connectivity index (χ2n) is 3.42. The van der Waals surface area contributed by atoms with E-state index in [1.807, 2.05) is 4.68 Å². The van der Waals surface area contributed by atoms with Gasteiger partial charge in [-0.25, -0.2) is 4.68 Å². The fraction of sp³-hybridized carbons (Fsp3) is 0.889. The zero-order valence-corrected chi connectivity index (χ0v) is 8.98. The summed E-state index contributed by atoms with van der Waals surface area (Å²) in [4.78, 5) is 0. The lowest BCUT2D eigenvalue weighted by Crippen LogP contribution is -2.12. The molecule has 0 aromatic carbocycles. The number of aryl methyl sites for hydroxylation is 1. The number of tetrazole rings is 1. The monoisotopic (exact) mass is 197 g/mol. The highest BCUT2D eigenvalue weighted by molar-refractivity contribution is 4.92. The van der Waals surface area contributed by atoms with Crippen LogP contribution in [0.15, 0.2) is 0 Å². The summed E-state index contributed by atoms with van der Waals surface area (Å²) in [5.41, 5.74) is 5.45. The van der Waals surface area contributed by atoms with Crippen LogP contribution >= 0.6 is 0 Å². The van der Waals surface area contributed by atoms with Crippen molar-refractivity contribution in [3.8, 4) is 0 Å². The van der Waals surface area contributed by atoms with Gasteiger partial charge in [0.2, 0.25) is 0 Å². The van der Waals surface area contributed by atoms with Gasteiger partial charge in [0, 0.05) is 12.5 Å². The van der Waals surface area contributed by atoms with Gasteiger partial charge in [0.05, 0.1) is 0 Å². The van der Waals surface area contributed by atoms with Crippen LogP contribution in [-0.2, 0) is 6.54 Å². The van der Waals surface area contributed by atoms with Gasteiger partial charge >= 0.3 is 0 Å². The normalized spacial score (nSPS) is 11.1. The first kappa shape index (κ1) is 11.1. The first-order valence-electron chi connectivity index (χ1n) is 5.29. The Labute approximate surface area is 84.7 Å². The third-order valence-corrected chi connectivity index (χ3v) is 2.48. The Bertz CT molecular complexity index is 253. The molecule has 1 rings (SSSR count). The first-order valence-corrected chi connectivity index (χ1v) is 5.29. The average Bonchev–Trinajstić information content (AvgIpc) is 2.65. The summed E-state index contributed by atoms with van der Waals surface area (Å²) >= 11 is 0. The van der Waals surface area contributed by atoms with Gasteiger partial charge in [-0.3, -0.25) is 0 Å². The SMILES string of the molecule is CCC(CC)c1nnnn1CCCN. The molecule has 5 heteroatoms. The van der Waals surface area contributed by atoms with E-state index in [-0.39, 0.29) is 0 Å². The van der Waals surface area contributed by atoms with Crippen molar-refractivity contribution in [3.63, 3.8) is 0 Å². The highest BCUT2D eigenvalue weighted by Gasteiger charge is 2.14. The number of hydrogen-bond acceptors (Lipinski definition) is 4. The molecule has 0 saturated carbocycles. The van der Waals surface area contributed by atoms with Crippen LogP contribution in [0.4, 0.5) is 0 Å². The lowest BCUT2D eigenvalue weighted by Gasteiger charge is -2.11. The van der Waals surface area contributed by atoms with E-state index in [1.54, 1.807) is 0 Å². The van der Waals surface area contributed by atoms with E-state index in [0.29, 0.717) is 12.5 Å². The van der Waals surface area contributed by atoms with Crippen LogP contribution in [0.3, 0.4) is 0 Å². The summed E-state index contributed by atoms with van der Waals surface area (Å²) in [5.74, 6) is 1.48. The van der Waals surface area contributed by atoms with Gasteiger partial charge in [-0.15, -0.1) is 5.10 Å². The van der Waals surface area contributed by atoms with Crippen molar-refractivity contribution in [1.29, 1.82) is 0 Å². The number of aromatic nitrogens is 4. The molecule has 1 heterocycles. The molecule has 0 amide bonds. The smallest absolute Gasteiger partial charge is 0.154 e. The van der Waals surface area contributed by atoms with Crippen LogP contribution < -0.4 is 5.73 Å². The molecule has 1 aromatic rings. The molecule has 0 radical (unpaired) electrons. The standard InChI is InChI=1S/C9H19N5/c1-3-8(4-2)9-11-12-13-14(9)7-5-6-10/h8H,3-7,10H2,1-2H3. The molecule has 2 N–H and O–H groups in total. The van der Waals surface area contributed by atoms with Crippen LogP contribution in [0, 0.1) is 0 Å². The molecule has 80 valence electrons. The lowest BCUT2D eigenvalue weighted by atomic mass is 10.0. The molecule has 0 fully saturated rings. The summed E-state index contributed by atoms with van der Waals surface area (Å²) < 4.78 is 1.88. The van der Waals surface area contributed by atoms with Crippen LogP contribution in [0.5, 0.6) is 0 Å². The highest BCUT2D eigenvalue weighted by atomic mass is 15.5. The van der Waals surface area contributed by atoms with Gasteiger partial charge in [-0.2, -0.15) is 0 Å². The minimum Gasteiger partial charge on any atom is -0.330 e. The van der Waals surface area contributed by atoms with E-state index in [2.05, 4.69) is 29.4 Å². The van der Waals surface area contributed by atoms with Crippen LogP contribution in [-0.4, -0.2) is 26.8 Å². The third-order valence-electron chi connectivity index (χ3n) is 2.48. The Morgan fingerprint density at radius 1 is 1.36 bits per heavy atom. The maximum Gasteiger partial charge on any atom is 0.154 e. The number of rotatable bonds is 6. The van der Waals surface area contributed by atoms with E-state index in [4.69, 9.17) is 5.73 Å². The zero-order valence-electron chi connectivity index (χ0n) is 8.98. The molecule has 0 saturated heterocycles. The molecule has 0 aliphatic rings. The third kappa shape index (κ3) is 2.51. The minimum absolute atomic E-state index is 0.475. The molecular formula is C9H19N5. The molecule has 0 unspecified atom stereocenters. The Morgan fingerprint density at radius 2 is 2.07 bits per heavy atom. The van der Waals surface area contributed by atoms with Gasteiger partial charge in [-0.1, -0.05) is 13.8 Å². The van der Waals surface area contributed by atoms with E-state index < -0.39 is 0 Å². The second kappa shape index (κ2) is 5.70. The van der Waals surface area contributed by atoms with Gasteiger partial charge in [0.25, 0.3) is 0 Å². The topological polar surface area (TPSA) is 69.6 Å². The van der Waals surface area contributed by atoms with Crippen LogP contribution in [0.25, 0.3) is 0 Å². The fourth-order valence-electron chi connectivity index (χ4n) is 1.56. The second-order valence-corrected chi connectivity index (χ2v) is 3.42. The summed E-state index contributed by atoms with van der Waals surface area (Å²) in [6.07, 6.45) is 3.09. The molecule has 0 spiro atoms. The number of nitrogens with two attached hydrogens (primary N) is 1. The minimum atomic E-state index is 0.475. The quantitative estimate of drug-likeness (QED) is 0.736. The maximum absolute atomic E-state index is 5.45.